The Morgan fingerprint density at radius 2 is 1.15 bits per heavy atom. The van der Waals surface area contributed by atoms with Crippen LogP contribution in [0.15, 0.2) is 0 Å². The van der Waals surface area contributed by atoms with E-state index in [2.05, 4.69) is 47.7 Å². The van der Waals surface area contributed by atoms with E-state index in [9.17, 15) is 4.79 Å². The van der Waals surface area contributed by atoms with E-state index in [1.807, 2.05) is 0 Å². The number of rotatable bonds is 15. The quantitative estimate of drug-likeness (QED) is 0.210. The molecule has 0 aliphatic carbocycles. The van der Waals surface area contributed by atoms with E-state index < -0.39 is 8.32 Å². The fourth-order valence-electron chi connectivity index (χ4n) is 2.90. The van der Waals surface area contributed by atoms with Gasteiger partial charge in [0.05, 0.1) is 0 Å². The molecule has 0 aromatic rings. The van der Waals surface area contributed by atoms with Crippen molar-refractivity contribution in [2.45, 2.75) is 136 Å². The van der Waals surface area contributed by atoms with Gasteiger partial charge in [0.25, 0.3) is 14.3 Å². The van der Waals surface area contributed by atoms with Crippen molar-refractivity contribution in [2.75, 3.05) is 0 Å². The van der Waals surface area contributed by atoms with Gasteiger partial charge in [0.2, 0.25) is 0 Å². The van der Waals surface area contributed by atoms with Crippen molar-refractivity contribution >= 4 is 14.3 Å². The van der Waals surface area contributed by atoms with Gasteiger partial charge in [-0.2, -0.15) is 0 Å². The fourth-order valence-corrected chi connectivity index (χ4v) is 3.88. The second-order valence-corrected chi connectivity index (χ2v) is 14.8. The summed E-state index contributed by atoms with van der Waals surface area (Å²) in [5, 5.41) is 0.108. The van der Waals surface area contributed by atoms with Gasteiger partial charge in [-0.15, -0.1) is 0 Å². The van der Waals surface area contributed by atoms with Crippen LogP contribution in [0.1, 0.15) is 118 Å². The van der Waals surface area contributed by atoms with Crippen LogP contribution in [-0.4, -0.2) is 14.3 Å². The maximum absolute atomic E-state index is 12.0. The molecule has 0 fully saturated rings. The highest BCUT2D eigenvalue weighted by atomic mass is 28.4. The third kappa shape index (κ3) is 13.8. The molecule has 0 saturated carbocycles. The first-order valence-corrected chi connectivity index (χ1v) is 14.2. The third-order valence-electron chi connectivity index (χ3n) is 5.84. The fraction of sp³-hybridized carbons (Fsp3) is 0.957. The Balaban J connectivity index is 3.42. The predicted molar refractivity (Wildman–Crippen MR) is 118 cm³/mol. The molecule has 3 heteroatoms. The number of hydrogen-bond acceptors (Lipinski definition) is 2. The molecule has 0 bridgehead atoms. The van der Waals surface area contributed by atoms with Crippen LogP contribution < -0.4 is 0 Å². The molecule has 0 aliphatic rings. The summed E-state index contributed by atoms with van der Waals surface area (Å²) in [6.07, 6.45) is 16.6. The van der Waals surface area contributed by atoms with Crippen LogP contribution in [0.5, 0.6) is 0 Å². The van der Waals surface area contributed by atoms with Gasteiger partial charge in [-0.1, -0.05) is 105 Å². The van der Waals surface area contributed by atoms with E-state index in [-0.39, 0.29) is 11.0 Å². The second kappa shape index (κ2) is 13.8. The summed E-state index contributed by atoms with van der Waals surface area (Å²) in [6, 6.07) is 0. The van der Waals surface area contributed by atoms with E-state index >= 15 is 0 Å². The Kier molecular flexibility index (Phi) is 13.6. The highest BCUT2D eigenvalue weighted by molar-refractivity contribution is 6.75. The lowest BCUT2D eigenvalue weighted by molar-refractivity contribution is -0.135. The second-order valence-electron chi connectivity index (χ2n) is 10.1. The molecule has 0 aromatic carbocycles. The lowest BCUT2D eigenvalue weighted by atomic mass is 10.0. The molecule has 0 rings (SSSR count). The maximum atomic E-state index is 12.0. The summed E-state index contributed by atoms with van der Waals surface area (Å²) in [5.74, 6) is 0.887. The Labute approximate surface area is 166 Å². The average molecular weight is 385 g/mol. The lowest BCUT2D eigenvalue weighted by Crippen LogP contribution is -2.42. The molecule has 156 valence electrons. The summed E-state index contributed by atoms with van der Waals surface area (Å²) in [4.78, 5) is 12.0. The first-order chi connectivity index (χ1) is 12.1. The van der Waals surface area contributed by atoms with Crippen molar-refractivity contribution in [1.82, 2.24) is 0 Å². The van der Waals surface area contributed by atoms with Gasteiger partial charge >= 0.3 is 0 Å². The molecule has 26 heavy (non-hydrogen) atoms. The molecule has 0 atom stereocenters. The summed E-state index contributed by atoms with van der Waals surface area (Å²) in [6.45, 7) is 15.5. The van der Waals surface area contributed by atoms with Crippen LogP contribution in [-0.2, 0) is 9.22 Å². The van der Waals surface area contributed by atoms with E-state index in [1.165, 1.54) is 70.6 Å². The molecule has 0 spiro atoms. The number of unbranched alkanes of at least 4 members (excludes halogenated alkanes) is 10. The molecular formula is C23H48O2Si. The standard InChI is InChI=1S/C23H48O2Si/c1-21(2)19-17-15-13-11-9-8-10-12-14-16-18-20-22(24)25-26(6,7)23(3,4)5/h21H,8-20H2,1-7H3. The van der Waals surface area contributed by atoms with Crippen molar-refractivity contribution in [3.8, 4) is 0 Å². The highest BCUT2D eigenvalue weighted by Crippen LogP contribution is 2.36. The van der Waals surface area contributed by atoms with Crippen molar-refractivity contribution in [1.29, 1.82) is 0 Å². The largest absolute Gasteiger partial charge is 0.519 e. The summed E-state index contributed by atoms with van der Waals surface area (Å²) < 4.78 is 5.82. The molecule has 0 unspecified atom stereocenters. The maximum Gasteiger partial charge on any atom is 0.292 e. The minimum atomic E-state index is -1.93. The van der Waals surface area contributed by atoms with Gasteiger partial charge in [-0.3, -0.25) is 4.79 Å². The van der Waals surface area contributed by atoms with Crippen LogP contribution in [0.4, 0.5) is 0 Å². The Hall–Kier alpha value is -0.313. The average Bonchev–Trinajstić information content (AvgIpc) is 2.50. The van der Waals surface area contributed by atoms with Gasteiger partial charge < -0.3 is 4.43 Å². The van der Waals surface area contributed by atoms with Crippen LogP contribution in [0.25, 0.3) is 0 Å². The third-order valence-corrected chi connectivity index (χ3v) is 10.2. The molecule has 0 aliphatic heterocycles. The van der Waals surface area contributed by atoms with E-state index in [1.54, 1.807) is 0 Å². The zero-order valence-corrected chi connectivity index (χ0v) is 20.1. The molecule has 0 aromatic heterocycles. The monoisotopic (exact) mass is 384 g/mol. The smallest absolute Gasteiger partial charge is 0.292 e. The van der Waals surface area contributed by atoms with Crippen molar-refractivity contribution in [3.05, 3.63) is 0 Å². The first kappa shape index (κ1) is 25.7. The van der Waals surface area contributed by atoms with Crippen LogP contribution in [0.2, 0.25) is 18.1 Å². The van der Waals surface area contributed by atoms with Crippen molar-refractivity contribution < 1.29 is 9.22 Å². The van der Waals surface area contributed by atoms with Crippen molar-refractivity contribution in [2.24, 2.45) is 5.92 Å². The van der Waals surface area contributed by atoms with Gasteiger partial charge in [-0.25, -0.2) is 0 Å². The number of carbonyl (C=O) groups excluding carboxylic acids is 1. The van der Waals surface area contributed by atoms with Crippen molar-refractivity contribution in [3.63, 3.8) is 0 Å². The Bertz CT molecular complexity index is 356. The molecule has 2 nitrogen and oxygen atoms in total. The predicted octanol–water partition coefficient (Wildman–Crippen LogP) is 8.26. The number of hydrogen-bond donors (Lipinski definition) is 0. The minimum absolute atomic E-state index is 0.0223. The summed E-state index contributed by atoms with van der Waals surface area (Å²) >= 11 is 0. The molecule has 0 saturated heterocycles. The SMILES string of the molecule is CC(C)CCCCCCCCCCCCCC(=O)O[Si](C)(C)C(C)(C)C. The van der Waals surface area contributed by atoms with Gasteiger partial charge in [-0.05, 0) is 30.5 Å². The molecule has 0 radical (unpaired) electrons. The van der Waals surface area contributed by atoms with E-state index in [0.717, 1.165) is 12.3 Å². The van der Waals surface area contributed by atoms with E-state index in [4.69, 9.17) is 4.43 Å². The molecular weight excluding hydrogens is 336 g/mol. The van der Waals surface area contributed by atoms with E-state index in [0.29, 0.717) is 6.42 Å². The molecule has 0 heterocycles. The van der Waals surface area contributed by atoms with Crippen LogP contribution >= 0.6 is 0 Å². The zero-order valence-electron chi connectivity index (χ0n) is 19.1. The zero-order chi connectivity index (χ0) is 20.1. The molecule has 0 N–H and O–H groups in total. The normalized spacial score (nSPS) is 12.6. The first-order valence-electron chi connectivity index (χ1n) is 11.3. The van der Waals surface area contributed by atoms with Gasteiger partial charge in [0.15, 0.2) is 0 Å². The van der Waals surface area contributed by atoms with Crippen LogP contribution in [0.3, 0.4) is 0 Å². The Morgan fingerprint density at radius 1 is 0.769 bits per heavy atom. The number of carbonyl (C=O) groups is 1. The van der Waals surface area contributed by atoms with Crippen LogP contribution in [0, 0.1) is 5.92 Å². The Morgan fingerprint density at radius 3 is 1.54 bits per heavy atom. The topological polar surface area (TPSA) is 26.3 Å². The van der Waals surface area contributed by atoms with Gasteiger partial charge in [0, 0.05) is 6.42 Å². The highest BCUT2D eigenvalue weighted by Gasteiger charge is 2.40. The summed E-state index contributed by atoms with van der Waals surface area (Å²) in [7, 11) is -1.93. The van der Waals surface area contributed by atoms with Gasteiger partial charge in [0.1, 0.15) is 0 Å². The molecule has 0 amide bonds. The lowest BCUT2D eigenvalue weighted by Gasteiger charge is -2.35. The summed E-state index contributed by atoms with van der Waals surface area (Å²) in [5.41, 5.74) is 0. The minimum Gasteiger partial charge on any atom is -0.519 e.